The van der Waals surface area contributed by atoms with Crippen molar-refractivity contribution < 1.29 is 4.39 Å². The summed E-state index contributed by atoms with van der Waals surface area (Å²) in [4.78, 5) is 11.6. The number of hydrogen-bond donors (Lipinski definition) is 1. The Labute approximate surface area is 87.7 Å². The molecule has 1 aromatic rings. The van der Waals surface area contributed by atoms with Crippen LogP contribution in [0.25, 0.3) is 0 Å². The molecule has 1 aliphatic rings. The van der Waals surface area contributed by atoms with E-state index in [1.54, 1.807) is 0 Å². The van der Waals surface area contributed by atoms with E-state index in [2.05, 4.69) is 14.9 Å². The fourth-order valence-electron chi connectivity index (χ4n) is 1.61. The second kappa shape index (κ2) is 3.98. The highest BCUT2D eigenvalue weighted by Crippen LogP contribution is 2.17. The number of hydrogen-bond acceptors (Lipinski definition) is 5. The molecule has 0 saturated carbocycles. The molecular formula is C9H14FN5. The smallest absolute Gasteiger partial charge is 0.222 e. The third kappa shape index (κ3) is 2.15. The van der Waals surface area contributed by atoms with Crippen LogP contribution in [0.2, 0.25) is 0 Å². The van der Waals surface area contributed by atoms with Crippen molar-refractivity contribution in [1.82, 2.24) is 14.9 Å². The molecule has 1 saturated heterocycles. The van der Waals surface area contributed by atoms with Crippen molar-refractivity contribution in [3.05, 3.63) is 12.0 Å². The second-order valence-electron chi connectivity index (χ2n) is 3.69. The number of halogens is 1. The maximum absolute atomic E-state index is 13.4. The Bertz CT molecular complexity index is 348. The van der Waals surface area contributed by atoms with Crippen LogP contribution in [0.1, 0.15) is 0 Å². The number of nitrogens with two attached hydrogens (primary N) is 1. The molecular weight excluding hydrogens is 197 g/mol. The Morgan fingerprint density at radius 2 is 2.00 bits per heavy atom. The molecule has 2 heterocycles. The Morgan fingerprint density at radius 1 is 1.33 bits per heavy atom. The summed E-state index contributed by atoms with van der Waals surface area (Å²) in [5, 5.41) is 0. The summed E-state index contributed by atoms with van der Waals surface area (Å²) in [5.41, 5.74) is 5.44. The monoisotopic (exact) mass is 211 g/mol. The molecule has 0 aromatic carbocycles. The molecule has 0 atom stereocenters. The third-order valence-electron chi connectivity index (χ3n) is 2.55. The fourth-order valence-corrected chi connectivity index (χ4v) is 1.61. The first-order chi connectivity index (χ1) is 7.16. The van der Waals surface area contributed by atoms with Crippen molar-refractivity contribution in [3.8, 4) is 0 Å². The van der Waals surface area contributed by atoms with Crippen LogP contribution < -0.4 is 10.6 Å². The molecule has 15 heavy (non-hydrogen) atoms. The first-order valence-electron chi connectivity index (χ1n) is 4.88. The van der Waals surface area contributed by atoms with Gasteiger partial charge in [-0.2, -0.15) is 4.98 Å². The number of nitrogens with zero attached hydrogens (tertiary/aromatic N) is 4. The van der Waals surface area contributed by atoms with Crippen LogP contribution in [-0.4, -0.2) is 48.1 Å². The van der Waals surface area contributed by atoms with E-state index in [0.717, 1.165) is 32.4 Å². The molecule has 2 rings (SSSR count). The van der Waals surface area contributed by atoms with Gasteiger partial charge in [0.25, 0.3) is 0 Å². The topological polar surface area (TPSA) is 58.3 Å². The van der Waals surface area contributed by atoms with Crippen molar-refractivity contribution in [1.29, 1.82) is 0 Å². The lowest BCUT2D eigenvalue weighted by Crippen LogP contribution is -2.45. The molecule has 1 fully saturated rings. The van der Waals surface area contributed by atoms with Gasteiger partial charge in [0.1, 0.15) is 0 Å². The average molecular weight is 211 g/mol. The van der Waals surface area contributed by atoms with Gasteiger partial charge in [-0.25, -0.2) is 9.37 Å². The molecule has 0 radical (unpaired) electrons. The number of likely N-dealkylation sites (N-methyl/N-ethyl adjacent to an activating group) is 1. The van der Waals surface area contributed by atoms with Gasteiger partial charge in [-0.15, -0.1) is 0 Å². The Morgan fingerprint density at radius 3 is 2.67 bits per heavy atom. The summed E-state index contributed by atoms with van der Waals surface area (Å²) in [6.45, 7) is 3.35. The molecule has 1 aromatic heterocycles. The molecule has 82 valence electrons. The first-order valence-corrected chi connectivity index (χ1v) is 4.88. The first kappa shape index (κ1) is 10.1. The van der Waals surface area contributed by atoms with Gasteiger partial charge in [0.15, 0.2) is 11.6 Å². The van der Waals surface area contributed by atoms with Gasteiger partial charge in [0.05, 0.1) is 6.20 Å². The molecule has 0 aliphatic carbocycles. The van der Waals surface area contributed by atoms with E-state index in [-0.39, 0.29) is 5.95 Å². The van der Waals surface area contributed by atoms with Crippen LogP contribution in [0.15, 0.2) is 6.20 Å². The Balaban J connectivity index is 2.18. The zero-order valence-electron chi connectivity index (χ0n) is 8.65. The van der Waals surface area contributed by atoms with Gasteiger partial charge in [0.2, 0.25) is 5.95 Å². The fraction of sp³-hybridized carbons (Fsp3) is 0.556. The van der Waals surface area contributed by atoms with Crippen LogP contribution in [0.5, 0.6) is 0 Å². The van der Waals surface area contributed by atoms with Crippen LogP contribution in [0.4, 0.5) is 16.2 Å². The van der Waals surface area contributed by atoms with Crippen molar-refractivity contribution in [2.45, 2.75) is 0 Å². The van der Waals surface area contributed by atoms with Gasteiger partial charge in [-0.1, -0.05) is 0 Å². The molecule has 1 aliphatic heterocycles. The minimum Gasteiger partial charge on any atom is -0.368 e. The number of piperazine rings is 1. The van der Waals surface area contributed by atoms with E-state index < -0.39 is 5.82 Å². The lowest BCUT2D eigenvalue weighted by molar-refractivity contribution is 0.310. The highest BCUT2D eigenvalue weighted by atomic mass is 19.1. The van der Waals surface area contributed by atoms with Crippen LogP contribution in [0.3, 0.4) is 0 Å². The molecule has 5 nitrogen and oxygen atoms in total. The highest BCUT2D eigenvalue weighted by Gasteiger charge is 2.18. The predicted octanol–water partition coefficient (Wildman–Crippen LogP) is -0.0503. The Hall–Kier alpha value is -1.43. The highest BCUT2D eigenvalue weighted by molar-refractivity contribution is 5.42. The standard InChI is InChI=1S/C9H14FN5/c1-14-2-4-15(5-3-14)8-7(10)6-12-9(11)13-8/h6H,2-5H2,1H3,(H2,11,12,13). The van der Waals surface area contributed by atoms with E-state index in [1.807, 2.05) is 11.9 Å². The van der Waals surface area contributed by atoms with E-state index in [4.69, 9.17) is 5.73 Å². The summed E-state index contributed by atoms with van der Waals surface area (Å²) >= 11 is 0. The van der Waals surface area contributed by atoms with Crippen LogP contribution in [0, 0.1) is 5.82 Å². The minimum atomic E-state index is -0.409. The van der Waals surface area contributed by atoms with E-state index in [9.17, 15) is 4.39 Å². The van der Waals surface area contributed by atoms with Gasteiger partial charge in [-0.3, -0.25) is 0 Å². The number of aromatic nitrogens is 2. The van der Waals surface area contributed by atoms with Gasteiger partial charge < -0.3 is 15.5 Å². The van der Waals surface area contributed by atoms with E-state index >= 15 is 0 Å². The normalized spacial score (nSPS) is 18.1. The van der Waals surface area contributed by atoms with Crippen molar-refractivity contribution >= 4 is 11.8 Å². The Kier molecular flexibility index (Phi) is 2.68. The summed E-state index contributed by atoms with van der Waals surface area (Å²) < 4.78 is 13.4. The summed E-state index contributed by atoms with van der Waals surface area (Å²) in [5.74, 6) is 0.0229. The maximum atomic E-state index is 13.4. The van der Waals surface area contributed by atoms with Gasteiger partial charge in [0, 0.05) is 26.2 Å². The molecule has 0 amide bonds. The molecule has 0 spiro atoms. The quantitative estimate of drug-likeness (QED) is 0.705. The summed E-state index contributed by atoms with van der Waals surface area (Å²) in [6, 6.07) is 0. The number of rotatable bonds is 1. The van der Waals surface area contributed by atoms with Crippen molar-refractivity contribution in [2.24, 2.45) is 0 Å². The molecule has 0 unspecified atom stereocenters. The average Bonchev–Trinajstić information content (AvgIpc) is 2.23. The van der Waals surface area contributed by atoms with Gasteiger partial charge >= 0.3 is 0 Å². The number of anilines is 2. The minimum absolute atomic E-state index is 0.116. The van der Waals surface area contributed by atoms with Crippen LogP contribution in [-0.2, 0) is 0 Å². The summed E-state index contributed by atoms with van der Waals surface area (Å²) in [6.07, 6.45) is 1.12. The SMILES string of the molecule is CN1CCN(c2nc(N)ncc2F)CC1. The van der Waals surface area contributed by atoms with E-state index in [1.165, 1.54) is 0 Å². The van der Waals surface area contributed by atoms with Crippen LogP contribution >= 0.6 is 0 Å². The second-order valence-corrected chi connectivity index (χ2v) is 3.69. The maximum Gasteiger partial charge on any atom is 0.222 e. The third-order valence-corrected chi connectivity index (χ3v) is 2.55. The zero-order valence-corrected chi connectivity index (χ0v) is 8.65. The number of nitrogen functional groups attached to an aromatic ring is 1. The molecule has 2 N–H and O–H groups in total. The largest absolute Gasteiger partial charge is 0.368 e. The van der Waals surface area contributed by atoms with Gasteiger partial charge in [-0.05, 0) is 7.05 Å². The zero-order chi connectivity index (χ0) is 10.8. The van der Waals surface area contributed by atoms with E-state index in [0.29, 0.717) is 5.82 Å². The van der Waals surface area contributed by atoms with Crippen molar-refractivity contribution in [2.75, 3.05) is 43.9 Å². The lowest BCUT2D eigenvalue weighted by atomic mass is 10.3. The predicted molar refractivity (Wildman–Crippen MR) is 56.1 cm³/mol. The molecule has 6 heteroatoms. The lowest BCUT2D eigenvalue weighted by Gasteiger charge is -2.33. The van der Waals surface area contributed by atoms with Crippen molar-refractivity contribution in [3.63, 3.8) is 0 Å². The summed E-state index contributed by atoms with van der Waals surface area (Å²) in [7, 11) is 2.04. The molecule has 0 bridgehead atoms.